The van der Waals surface area contributed by atoms with Crippen molar-refractivity contribution in [3.63, 3.8) is 0 Å². The van der Waals surface area contributed by atoms with Gasteiger partial charge in [-0.1, -0.05) is 18.2 Å². The van der Waals surface area contributed by atoms with Crippen molar-refractivity contribution in [1.82, 2.24) is 4.98 Å². The van der Waals surface area contributed by atoms with E-state index in [9.17, 15) is 18.0 Å². The van der Waals surface area contributed by atoms with Gasteiger partial charge in [-0.05, 0) is 80.8 Å². The number of hydrogen-bond acceptors (Lipinski definition) is 4. The number of alkyl halides is 3. The number of aryl methyl sites for hydroxylation is 2. The summed E-state index contributed by atoms with van der Waals surface area (Å²) in [6, 6.07) is 16.4. The van der Waals surface area contributed by atoms with Gasteiger partial charge in [-0.15, -0.1) is 11.8 Å². The molecule has 0 aliphatic rings. The molecule has 0 amide bonds. The SMILES string of the molecule is Cc1cc(SC(C)(C)c2cccc3nc(-c4ccc(C(F)(F)F)cc4)oc23)ccc1CCC(=O)O. The molecule has 0 saturated carbocycles. The molecule has 4 aromatic rings. The first kappa shape index (κ1) is 24.9. The van der Waals surface area contributed by atoms with E-state index >= 15 is 0 Å². The van der Waals surface area contributed by atoms with Crippen LogP contribution in [-0.2, 0) is 22.1 Å². The minimum atomic E-state index is -4.40. The summed E-state index contributed by atoms with van der Waals surface area (Å²) >= 11 is 1.64. The Morgan fingerprint density at radius 3 is 2.40 bits per heavy atom. The van der Waals surface area contributed by atoms with Gasteiger partial charge in [-0.25, -0.2) is 4.98 Å². The van der Waals surface area contributed by atoms with Gasteiger partial charge in [0.1, 0.15) is 5.52 Å². The van der Waals surface area contributed by atoms with Crippen LogP contribution in [0.4, 0.5) is 13.2 Å². The van der Waals surface area contributed by atoms with Gasteiger partial charge in [0.05, 0.1) is 5.56 Å². The number of aromatic nitrogens is 1. The molecule has 35 heavy (non-hydrogen) atoms. The Kier molecular flexibility index (Phi) is 6.68. The van der Waals surface area contributed by atoms with Crippen LogP contribution in [0.5, 0.6) is 0 Å². The van der Waals surface area contributed by atoms with Crippen molar-refractivity contribution in [3.05, 3.63) is 82.9 Å². The minimum absolute atomic E-state index is 0.0909. The van der Waals surface area contributed by atoms with Gasteiger partial charge in [0.15, 0.2) is 5.58 Å². The smallest absolute Gasteiger partial charge is 0.416 e. The molecule has 0 saturated heterocycles. The summed E-state index contributed by atoms with van der Waals surface area (Å²) in [5.74, 6) is -0.555. The zero-order chi connectivity index (χ0) is 25.4. The van der Waals surface area contributed by atoms with Crippen LogP contribution in [-0.4, -0.2) is 16.1 Å². The number of benzene rings is 3. The third-order valence-corrected chi connectivity index (χ3v) is 7.04. The lowest BCUT2D eigenvalue weighted by Gasteiger charge is -2.25. The highest BCUT2D eigenvalue weighted by Crippen LogP contribution is 2.44. The number of aliphatic carboxylic acids is 1. The Balaban J connectivity index is 1.62. The van der Waals surface area contributed by atoms with Gasteiger partial charge in [0.25, 0.3) is 0 Å². The van der Waals surface area contributed by atoms with E-state index < -0.39 is 22.5 Å². The third kappa shape index (κ3) is 5.53. The van der Waals surface area contributed by atoms with Crippen molar-refractivity contribution in [3.8, 4) is 11.5 Å². The monoisotopic (exact) mass is 499 g/mol. The number of fused-ring (bicyclic) bond motifs is 1. The van der Waals surface area contributed by atoms with Crippen LogP contribution < -0.4 is 0 Å². The number of oxazole rings is 1. The number of thioether (sulfide) groups is 1. The van der Waals surface area contributed by atoms with Gasteiger partial charge < -0.3 is 9.52 Å². The second-order valence-corrected chi connectivity index (χ2v) is 10.5. The predicted molar refractivity (Wildman–Crippen MR) is 130 cm³/mol. The lowest BCUT2D eigenvalue weighted by molar-refractivity contribution is -0.138. The van der Waals surface area contributed by atoms with Crippen molar-refractivity contribution in [1.29, 1.82) is 0 Å². The number of nitrogens with zero attached hydrogens (tertiary/aromatic N) is 1. The summed E-state index contributed by atoms with van der Waals surface area (Å²) in [5, 5.41) is 8.94. The van der Waals surface area contributed by atoms with Crippen molar-refractivity contribution < 1.29 is 27.5 Å². The number of carboxylic acid groups (broad SMARTS) is 1. The fraction of sp³-hybridized carbons (Fsp3) is 0.259. The number of carboxylic acids is 1. The van der Waals surface area contributed by atoms with E-state index in [1.807, 2.05) is 37.3 Å². The molecule has 1 aromatic heterocycles. The number of carbonyl (C=O) groups is 1. The zero-order valence-electron chi connectivity index (χ0n) is 19.4. The summed E-state index contributed by atoms with van der Waals surface area (Å²) in [6.07, 6.45) is -3.83. The Morgan fingerprint density at radius 1 is 1.06 bits per heavy atom. The van der Waals surface area contributed by atoms with E-state index in [-0.39, 0.29) is 12.3 Å². The van der Waals surface area contributed by atoms with Crippen molar-refractivity contribution >= 4 is 28.8 Å². The van der Waals surface area contributed by atoms with Crippen molar-refractivity contribution in [2.75, 3.05) is 0 Å². The molecule has 4 rings (SSSR count). The van der Waals surface area contributed by atoms with Gasteiger partial charge >= 0.3 is 12.1 Å². The van der Waals surface area contributed by atoms with E-state index in [4.69, 9.17) is 9.52 Å². The first-order chi connectivity index (χ1) is 16.4. The van der Waals surface area contributed by atoms with E-state index in [0.717, 1.165) is 33.7 Å². The molecule has 1 heterocycles. The largest absolute Gasteiger partial charge is 0.481 e. The fourth-order valence-corrected chi connectivity index (χ4v) is 5.18. The molecule has 8 heteroatoms. The topological polar surface area (TPSA) is 63.3 Å². The molecule has 0 spiro atoms. The maximum absolute atomic E-state index is 12.9. The van der Waals surface area contributed by atoms with Gasteiger partial charge in [-0.2, -0.15) is 13.2 Å². The Bertz CT molecular complexity index is 1370. The molecule has 4 nitrogen and oxygen atoms in total. The molecule has 0 aliphatic carbocycles. The molecule has 0 radical (unpaired) electrons. The van der Waals surface area contributed by atoms with Gasteiger partial charge in [0.2, 0.25) is 5.89 Å². The maximum atomic E-state index is 12.9. The molecular weight excluding hydrogens is 475 g/mol. The second-order valence-electron chi connectivity index (χ2n) is 8.84. The van der Waals surface area contributed by atoms with Crippen LogP contribution in [0, 0.1) is 6.92 Å². The average molecular weight is 500 g/mol. The van der Waals surface area contributed by atoms with Crippen LogP contribution in [0.2, 0.25) is 0 Å². The number of para-hydroxylation sites is 1. The van der Waals surface area contributed by atoms with Crippen LogP contribution in [0.25, 0.3) is 22.6 Å². The van der Waals surface area contributed by atoms with Crippen LogP contribution in [0.1, 0.15) is 42.5 Å². The quantitative estimate of drug-likeness (QED) is 0.262. The van der Waals surface area contributed by atoms with E-state index in [1.54, 1.807) is 11.8 Å². The Hall–Kier alpha value is -3.26. The first-order valence-electron chi connectivity index (χ1n) is 11.0. The summed E-state index contributed by atoms with van der Waals surface area (Å²) in [6.45, 7) is 6.11. The highest BCUT2D eigenvalue weighted by molar-refractivity contribution is 8.00. The Labute approximate surface area is 205 Å². The molecule has 0 unspecified atom stereocenters. The van der Waals surface area contributed by atoms with Crippen LogP contribution in [0.15, 0.2) is 70.0 Å². The lowest BCUT2D eigenvalue weighted by atomic mass is 10.0. The summed E-state index contributed by atoms with van der Waals surface area (Å²) in [5.41, 5.74) is 3.93. The van der Waals surface area contributed by atoms with E-state index in [0.29, 0.717) is 23.1 Å². The molecule has 182 valence electrons. The molecule has 0 bridgehead atoms. The van der Waals surface area contributed by atoms with Gasteiger partial charge in [-0.3, -0.25) is 4.79 Å². The lowest BCUT2D eigenvalue weighted by Crippen LogP contribution is -2.12. The summed E-state index contributed by atoms with van der Waals surface area (Å²) in [7, 11) is 0. The summed E-state index contributed by atoms with van der Waals surface area (Å²) < 4.78 is 44.4. The third-order valence-electron chi connectivity index (χ3n) is 5.82. The van der Waals surface area contributed by atoms with E-state index in [2.05, 4.69) is 24.9 Å². The number of hydrogen-bond donors (Lipinski definition) is 1. The van der Waals surface area contributed by atoms with Crippen molar-refractivity contribution in [2.45, 2.75) is 49.4 Å². The molecular formula is C27H24F3NO3S. The highest BCUT2D eigenvalue weighted by Gasteiger charge is 2.30. The first-order valence-corrected chi connectivity index (χ1v) is 11.8. The molecule has 0 atom stereocenters. The molecule has 0 fully saturated rings. The number of rotatable bonds is 7. The second kappa shape index (κ2) is 9.41. The number of halogens is 3. The molecule has 0 aliphatic heterocycles. The van der Waals surface area contributed by atoms with Crippen molar-refractivity contribution in [2.24, 2.45) is 0 Å². The van der Waals surface area contributed by atoms with Crippen LogP contribution >= 0.6 is 11.8 Å². The van der Waals surface area contributed by atoms with Gasteiger partial charge in [0, 0.05) is 27.2 Å². The van der Waals surface area contributed by atoms with E-state index in [1.165, 1.54) is 12.1 Å². The Morgan fingerprint density at radius 2 is 1.77 bits per heavy atom. The highest BCUT2D eigenvalue weighted by atomic mass is 32.2. The molecule has 1 N–H and O–H groups in total. The summed E-state index contributed by atoms with van der Waals surface area (Å²) in [4.78, 5) is 16.4. The normalized spacial score (nSPS) is 12.3. The molecule has 3 aromatic carbocycles. The fourth-order valence-electron chi connectivity index (χ4n) is 3.95. The zero-order valence-corrected chi connectivity index (χ0v) is 20.3. The standard InChI is InChI=1S/C27H24F3NO3S/c1-16-15-20(13-9-17(16)10-14-23(32)33)35-26(2,3)21-5-4-6-22-24(21)34-25(31-22)18-7-11-19(12-8-18)27(28,29)30/h4-9,11-13,15H,10,14H2,1-3H3,(H,32,33). The van der Waals surface area contributed by atoms with Crippen LogP contribution in [0.3, 0.4) is 0 Å². The predicted octanol–water partition coefficient (Wildman–Crippen LogP) is 7.87. The minimum Gasteiger partial charge on any atom is -0.481 e. The average Bonchev–Trinajstić information content (AvgIpc) is 3.22. The maximum Gasteiger partial charge on any atom is 0.416 e.